The second kappa shape index (κ2) is 6.02. The number of hydrogen-bond donors (Lipinski definition) is 3. The summed E-state index contributed by atoms with van der Waals surface area (Å²) in [7, 11) is -0.896. The standard InChI is InChI=1S/C14H20BF2N5O2/c1-13(2)14(3,4)24-15(23-13)7-5-8(16)10(9(17)6-7)21-12(20)22-11(18)19/h5-6H,1-4H3,(H6,18,19,20,21,22). The number of benzene rings is 1. The zero-order valence-corrected chi connectivity index (χ0v) is 13.9. The van der Waals surface area contributed by atoms with Crippen molar-refractivity contribution in [2.75, 3.05) is 0 Å². The summed E-state index contributed by atoms with van der Waals surface area (Å²) in [5, 5.41) is 0. The molecule has 1 aliphatic rings. The van der Waals surface area contributed by atoms with Crippen molar-refractivity contribution in [3.05, 3.63) is 23.8 Å². The first kappa shape index (κ1) is 18.1. The fourth-order valence-electron chi connectivity index (χ4n) is 2.08. The molecule has 7 nitrogen and oxygen atoms in total. The maximum atomic E-state index is 14.2. The molecular formula is C14H20BF2N5O2. The maximum absolute atomic E-state index is 14.2. The van der Waals surface area contributed by atoms with Crippen LogP contribution in [0.1, 0.15) is 27.7 Å². The van der Waals surface area contributed by atoms with Crippen molar-refractivity contribution in [3.8, 4) is 0 Å². The Morgan fingerprint density at radius 1 is 1.00 bits per heavy atom. The first-order valence-electron chi connectivity index (χ1n) is 7.21. The van der Waals surface area contributed by atoms with Crippen LogP contribution in [0.3, 0.4) is 0 Å². The summed E-state index contributed by atoms with van der Waals surface area (Å²) in [4.78, 5) is 6.95. The van der Waals surface area contributed by atoms with E-state index in [9.17, 15) is 8.78 Å². The molecule has 0 unspecified atom stereocenters. The first-order chi connectivity index (χ1) is 10.9. The highest BCUT2D eigenvalue weighted by molar-refractivity contribution is 6.62. The summed E-state index contributed by atoms with van der Waals surface area (Å²) in [5.41, 5.74) is 14.0. The first-order valence-corrected chi connectivity index (χ1v) is 7.21. The molecule has 0 amide bonds. The minimum atomic E-state index is -0.937. The molecule has 6 N–H and O–H groups in total. The van der Waals surface area contributed by atoms with Crippen LogP contribution in [-0.2, 0) is 9.31 Å². The SMILES string of the molecule is CC1(C)OB(c2cc(F)c(N=C(N)N=C(N)N)c(F)c2)OC1(C)C. The Morgan fingerprint density at radius 2 is 1.46 bits per heavy atom. The van der Waals surface area contributed by atoms with Crippen molar-refractivity contribution in [2.45, 2.75) is 38.9 Å². The molecule has 1 saturated heterocycles. The molecule has 10 heteroatoms. The lowest BCUT2D eigenvalue weighted by Crippen LogP contribution is -2.41. The monoisotopic (exact) mass is 339 g/mol. The van der Waals surface area contributed by atoms with E-state index in [0.29, 0.717) is 0 Å². The molecule has 1 aromatic carbocycles. The van der Waals surface area contributed by atoms with Gasteiger partial charge in [-0.25, -0.2) is 13.8 Å². The average Bonchev–Trinajstić information content (AvgIpc) is 2.62. The average molecular weight is 339 g/mol. The molecule has 0 aromatic heterocycles. The van der Waals surface area contributed by atoms with Crippen LogP contribution in [0.25, 0.3) is 0 Å². The molecule has 0 bridgehead atoms. The van der Waals surface area contributed by atoms with Gasteiger partial charge in [-0.3, -0.25) is 0 Å². The number of nitrogens with zero attached hydrogens (tertiary/aromatic N) is 2. The Balaban J connectivity index is 2.37. The van der Waals surface area contributed by atoms with Crippen LogP contribution in [0.2, 0.25) is 0 Å². The summed E-state index contributed by atoms with van der Waals surface area (Å²) >= 11 is 0. The number of hydrogen-bond acceptors (Lipinski definition) is 3. The van der Waals surface area contributed by atoms with Crippen molar-refractivity contribution < 1.29 is 18.1 Å². The molecule has 1 fully saturated rings. The van der Waals surface area contributed by atoms with E-state index >= 15 is 0 Å². The van der Waals surface area contributed by atoms with E-state index < -0.39 is 41.6 Å². The van der Waals surface area contributed by atoms with Gasteiger partial charge in [0, 0.05) is 0 Å². The fraction of sp³-hybridized carbons (Fsp3) is 0.429. The summed E-state index contributed by atoms with van der Waals surface area (Å²) in [6, 6.07) is 2.15. The van der Waals surface area contributed by atoms with Crippen LogP contribution in [0.5, 0.6) is 0 Å². The van der Waals surface area contributed by atoms with E-state index in [1.165, 1.54) is 0 Å². The Bertz CT molecular complexity index is 678. The Labute approximate surface area is 139 Å². The van der Waals surface area contributed by atoms with Gasteiger partial charge in [0.1, 0.15) is 5.69 Å². The van der Waals surface area contributed by atoms with Gasteiger partial charge >= 0.3 is 7.12 Å². The van der Waals surface area contributed by atoms with Crippen molar-refractivity contribution in [1.82, 2.24) is 0 Å². The second-order valence-corrected chi connectivity index (χ2v) is 6.43. The van der Waals surface area contributed by atoms with Crippen LogP contribution in [-0.4, -0.2) is 30.2 Å². The molecule has 1 aliphatic heterocycles. The number of halogens is 2. The van der Waals surface area contributed by atoms with E-state index in [1.807, 2.05) is 27.7 Å². The van der Waals surface area contributed by atoms with Gasteiger partial charge in [0.25, 0.3) is 0 Å². The van der Waals surface area contributed by atoms with E-state index in [-0.39, 0.29) is 11.4 Å². The lowest BCUT2D eigenvalue weighted by atomic mass is 9.79. The normalized spacial score (nSPS) is 19.4. The smallest absolute Gasteiger partial charge is 0.399 e. The van der Waals surface area contributed by atoms with Crippen LogP contribution in [0.15, 0.2) is 22.1 Å². The molecule has 0 radical (unpaired) electrons. The molecular weight excluding hydrogens is 319 g/mol. The molecule has 24 heavy (non-hydrogen) atoms. The van der Waals surface area contributed by atoms with Crippen molar-refractivity contribution in [3.63, 3.8) is 0 Å². The zero-order chi connectivity index (χ0) is 18.3. The number of rotatable bonds is 2. The van der Waals surface area contributed by atoms with Crippen molar-refractivity contribution in [1.29, 1.82) is 0 Å². The molecule has 130 valence electrons. The minimum absolute atomic E-state index is 0.197. The highest BCUT2D eigenvalue weighted by atomic mass is 19.1. The Kier molecular flexibility index (Phi) is 4.56. The van der Waals surface area contributed by atoms with E-state index in [2.05, 4.69) is 9.98 Å². The highest BCUT2D eigenvalue weighted by Crippen LogP contribution is 2.36. The number of aliphatic imine (C=N–C) groups is 2. The Morgan fingerprint density at radius 3 is 1.88 bits per heavy atom. The molecule has 0 atom stereocenters. The third-order valence-electron chi connectivity index (χ3n) is 4.03. The summed E-state index contributed by atoms with van der Waals surface area (Å²) in [5.74, 6) is -2.70. The predicted molar refractivity (Wildman–Crippen MR) is 89.2 cm³/mol. The van der Waals surface area contributed by atoms with Gasteiger partial charge in [0.05, 0.1) is 11.2 Å². The van der Waals surface area contributed by atoms with Gasteiger partial charge in [-0.05, 0) is 45.3 Å². The predicted octanol–water partition coefficient (Wildman–Crippen LogP) is 0.484. The molecule has 0 aliphatic carbocycles. The van der Waals surface area contributed by atoms with E-state index in [1.54, 1.807) is 0 Å². The third-order valence-corrected chi connectivity index (χ3v) is 4.03. The van der Waals surface area contributed by atoms with Crippen LogP contribution in [0, 0.1) is 11.6 Å². The van der Waals surface area contributed by atoms with Crippen molar-refractivity contribution >= 4 is 30.2 Å². The maximum Gasteiger partial charge on any atom is 0.495 e. The van der Waals surface area contributed by atoms with Gasteiger partial charge in [-0.2, -0.15) is 4.99 Å². The lowest BCUT2D eigenvalue weighted by Gasteiger charge is -2.32. The van der Waals surface area contributed by atoms with Crippen LogP contribution < -0.4 is 22.7 Å². The minimum Gasteiger partial charge on any atom is -0.399 e. The molecule has 1 heterocycles. The van der Waals surface area contributed by atoms with Crippen molar-refractivity contribution in [2.24, 2.45) is 27.2 Å². The summed E-state index contributed by atoms with van der Waals surface area (Å²) in [6.45, 7) is 7.37. The van der Waals surface area contributed by atoms with Crippen LogP contribution in [0.4, 0.5) is 14.5 Å². The zero-order valence-electron chi connectivity index (χ0n) is 13.9. The van der Waals surface area contributed by atoms with Gasteiger partial charge in [-0.1, -0.05) is 0 Å². The van der Waals surface area contributed by atoms with Gasteiger partial charge < -0.3 is 26.5 Å². The fourth-order valence-corrected chi connectivity index (χ4v) is 2.08. The molecule has 2 rings (SSSR count). The molecule has 0 saturated carbocycles. The number of nitrogens with two attached hydrogens (primary N) is 3. The number of guanidine groups is 2. The molecule has 1 aromatic rings. The Hall–Kier alpha value is -2.20. The van der Waals surface area contributed by atoms with E-state index in [0.717, 1.165) is 12.1 Å². The summed E-state index contributed by atoms with van der Waals surface area (Å²) < 4.78 is 40.0. The quantitative estimate of drug-likeness (QED) is 0.411. The van der Waals surface area contributed by atoms with Crippen LogP contribution >= 0.6 is 0 Å². The third kappa shape index (κ3) is 3.49. The second-order valence-electron chi connectivity index (χ2n) is 6.43. The molecule has 0 spiro atoms. The lowest BCUT2D eigenvalue weighted by molar-refractivity contribution is 0.00578. The topological polar surface area (TPSA) is 121 Å². The van der Waals surface area contributed by atoms with Gasteiger partial charge in [0.2, 0.25) is 5.96 Å². The highest BCUT2D eigenvalue weighted by Gasteiger charge is 2.52. The van der Waals surface area contributed by atoms with Gasteiger partial charge in [0.15, 0.2) is 17.6 Å². The van der Waals surface area contributed by atoms with E-state index in [4.69, 9.17) is 26.5 Å². The largest absolute Gasteiger partial charge is 0.495 e. The van der Waals surface area contributed by atoms with Gasteiger partial charge in [-0.15, -0.1) is 0 Å². The summed E-state index contributed by atoms with van der Waals surface area (Å²) in [6.07, 6.45) is 0.